The topological polar surface area (TPSA) is 100 Å². The van der Waals surface area contributed by atoms with Gasteiger partial charge in [-0.05, 0) is 37.8 Å². The van der Waals surface area contributed by atoms with Crippen LogP contribution in [0.1, 0.15) is 43.2 Å². The first-order valence-electron chi connectivity index (χ1n) is 11.3. The van der Waals surface area contributed by atoms with Crippen LogP contribution in [0.3, 0.4) is 0 Å². The summed E-state index contributed by atoms with van der Waals surface area (Å²) in [6.07, 6.45) is 4.80. The summed E-state index contributed by atoms with van der Waals surface area (Å²) in [4.78, 5) is 13.2. The number of aromatic nitrogens is 4. The lowest BCUT2D eigenvalue weighted by Gasteiger charge is -2.31. The van der Waals surface area contributed by atoms with Crippen LogP contribution >= 0.6 is 11.8 Å². The molecule has 3 aromatic rings. The Morgan fingerprint density at radius 2 is 1.94 bits per heavy atom. The van der Waals surface area contributed by atoms with Crippen molar-refractivity contribution in [1.82, 2.24) is 20.2 Å². The molecule has 0 atom stereocenters. The second-order valence-electron chi connectivity index (χ2n) is 8.88. The lowest BCUT2D eigenvalue weighted by Crippen LogP contribution is -2.35. The number of hydrogen-bond acceptors (Lipinski definition) is 9. The predicted octanol–water partition coefficient (Wildman–Crippen LogP) is 3.50. The van der Waals surface area contributed by atoms with E-state index < -0.39 is 0 Å². The fourth-order valence-corrected chi connectivity index (χ4v) is 5.48. The van der Waals surface area contributed by atoms with E-state index in [2.05, 4.69) is 20.4 Å². The molecule has 1 aliphatic carbocycles. The van der Waals surface area contributed by atoms with Gasteiger partial charge in [-0.3, -0.25) is 0 Å². The lowest BCUT2D eigenvalue weighted by atomic mass is 9.97. The Labute approximate surface area is 190 Å². The molecule has 9 heteroatoms. The zero-order chi connectivity index (χ0) is 21.5. The van der Waals surface area contributed by atoms with Crippen LogP contribution in [-0.4, -0.2) is 56.3 Å². The van der Waals surface area contributed by atoms with Gasteiger partial charge in [0, 0.05) is 36.7 Å². The maximum Gasteiger partial charge on any atom is 0.247 e. The first-order valence-corrected chi connectivity index (χ1v) is 12.3. The fraction of sp³-hybridized carbons (Fsp3) is 0.478. The molecule has 1 aromatic carbocycles. The number of hydrogen-bond donors (Lipinski definition) is 2. The third kappa shape index (κ3) is 3.73. The highest BCUT2D eigenvalue weighted by molar-refractivity contribution is 7.99. The van der Waals surface area contributed by atoms with E-state index in [9.17, 15) is 5.11 Å². The normalized spacial score (nSPS) is 19.7. The zero-order valence-corrected chi connectivity index (χ0v) is 18.6. The molecule has 2 fully saturated rings. The van der Waals surface area contributed by atoms with Crippen molar-refractivity contribution in [2.75, 3.05) is 35.7 Å². The molecule has 3 aliphatic rings. The van der Waals surface area contributed by atoms with Gasteiger partial charge in [0.05, 0.1) is 22.7 Å². The number of aliphatic hydroxyl groups is 1. The number of aliphatic hydroxyl groups excluding tert-OH is 1. The molecule has 4 heterocycles. The van der Waals surface area contributed by atoms with E-state index in [1.54, 1.807) is 0 Å². The van der Waals surface area contributed by atoms with Gasteiger partial charge in [-0.15, -0.1) is 22.0 Å². The Balaban J connectivity index is 1.17. The SMILES string of the molecule is OCC1(Nc2nc(N3CCC(c4nnc(-c5ccccc5)o4)CC3)nc3c2SCC3)CC1. The summed E-state index contributed by atoms with van der Waals surface area (Å²) in [5.74, 6) is 4.27. The standard InChI is InChI=1S/C23H26N6O2S/c30-14-23(9-10-23)26-19-18-17(8-13-32-18)24-22(25-19)29-11-6-16(7-12-29)21-28-27-20(31-21)15-4-2-1-3-5-15/h1-5,16,30H,6-14H2,(H,24,25,26). The van der Waals surface area contributed by atoms with Crippen LogP contribution in [0.2, 0.25) is 0 Å². The monoisotopic (exact) mass is 450 g/mol. The molecule has 2 aromatic heterocycles. The predicted molar refractivity (Wildman–Crippen MR) is 123 cm³/mol. The number of anilines is 2. The summed E-state index contributed by atoms with van der Waals surface area (Å²) in [6, 6.07) is 9.89. The summed E-state index contributed by atoms with van der Waals surface area (Å²) in [5.41, 5.74) is 1.89. The molecule has 0 radical (unpaired) electrons. The number of benzene rings is 1. The minimum Gasteiger partial charge on any atom is -0.420 e. The second-order valence-corrected chi connectivity index (χ2v) is 9.99. The Morgan fingerprint density at radius 3 is 2.69 bits per heavy atom. The number of aryl methyl sites for hydroxylation is 1. The third-order valence-corrected chi connectivity index (χ3v) is 7.76. The molecule has 8 nitrogen and oxygen atoms in total. The quantitative estimate of drug-likeness (QED) is 0.584. The van der Waals surface area contributed by atoms with Crippen LogP contribution in [0.5, 0.6) is 0 Å². The van der Waals surface area contributed by atoms with Crippen LogP contribution in [0, 0.1) is 0 Å². The number of nitrogens with zero attached hydrogens (tertiary/aromatic N) is 5. The maximum atomic E-state index is 9.75. The average molecular weight is 451 g/mol. The zero-order valence-electron chi connectivity index (χ0n) is 17.8. The molecule has 2 aliphatic heterocycles. The van der Waals surface area contributed by atoms with Gasteiger partial charge in [0.25, 0.3) is 0 Å². The van der Waals surface area contributed by atoms with Gasteiger partial charge < -0.3 is 19.7 Å². The molecule has 32 heavy (non-hydrogen) atoms. The van der Waals surface area contributed by atoms with Gasteiger partial charge in [0.1, 0.15) is 5.82 Å². The van der Waals surface area contributed by atoms with Crippen molar-refractivity contribution in [3.63, 3.8) is 0 Å². The molecule has 6 rings (SSSR count). The van der Waals surface area contributed by atoms with Gasteiger partial charge in [0.2, 0.25) is 17.7 Å². The molecule has 2 N–H and O–H groups in total. The number of rotatable bonds is 6. The highest BCUT2D eigenvalue weighted by Gasteiger charge is 2.43. The number of piperidine rings is 1. The summed E-state index contributed by atoms with van der Waals surface area (Å²) in [5, 5.41) is 21.9. The minimum atomic E-state index is -0.191. The van der Waals surface area contributed by atoms with E-state index in [0.717, 1.165) is 84.8 Å². The van der Waals surface area contributed by atoms with Crippen molar-refractivity contribution in [2.24, 2.45) is 0 Å². The van der Waals surface area contributed by atoms with Crippen molar-refractivity contribution >= 4 is 23.5 Å². The first-order chi connectivity index (χ1) is 15.7. The minimum absolute atomic E-state index is 0.145. The van der Waals surface area contributed by atoms with Crippen LogP contribution in [-0.2, 0) is 6.42 Å². The van der Waals surface area contributed by atoms with Crippen molar-refractivity contribution in [3.8, 4) is 11.5 Å². The van der Waals surface area contributed by atoms with Crippen molar-refractivity contribution < 1.29 is 9.52 Å². The molecule has 0 bridgehead atoms. The lowest BCUT2D eigenvalue weighted by molar-refractivity contribution is 0.265. The van der Waals surface area contributed by atoms with Crippen LogP contribution in [0.4, 0.5) is 11.8 Å². The largest absolute Gasteiger partial charge is 0.420 e. The molecule has 0 amide bonds. The van der Waals surface area contributed by atoms with E-state index in [1.807, 2.05) is 42.1 Å². The molecular formula is C23H26N6O2S. The van der Waals surface area contributed by atoms with Crippen molar-refractivity contribution in [1.29, 1.82) is 0 Å². The molecule has 166 valence electrons. The Kier molecular flexibility index (Phi) is 5.02. The second kappa shape index (κ2) is 8.04. The summed E-state index contributed by atoms with van der Waals surface area (Å²) >= 11 is 1.81. The number of fused-ring (bicyclic) bond motifs is 1. The highest BCUT2D eigenvalue weighted by Crippen LogP contribution is 2.43. The van der Waals surface area contributed by atoms with E-state index >= 15 is 0 Å². The summed E-state index contributed by atoms with van der Waals surface area (Å²) < 4.78 is 6.00. The first kappa shape index (κ1) is 20.0. The average Bonchev–Trinajstić information content (AvgIpc) is 3.23. The number of thioether (sulfide) groups is 1. The summed E-state index contributed by atoms with van der Waals surface area (Å²) in [6.45, 7) is 1.85. The molecule has 0 unspecified atom stereocenters. The molecule has 1 saturated carbocycles. The van der Waals surface area contributed by atoms with Gasteiger partial charge in [-0.1, -0.05) is 18.2 Å². The van der Waals surface area contributed by atoms with E-state index in [4.69, 9.17) is 14.4 Å². The fourth-order valence-electron chi connectivity index (χ4n) is 4.43. The van der Waals surface area contributed by atoms with Crippen LogP contribution in [0.25, 0.3) is 11.5 Å². The highest BCUT2D eigenvalue weighted by atomic mass is 32.2. The van der Waals surface area contributed by atoms with Gasteiger partial charge in [0.15, 0.2) is 0 Å². The Morgan fingerprint density at radius 1 is 1.12 bits per heavy atom. The Bertz CT molecular complexity index is 1110. The van der Waals surface area contributed by atoms with Gasteiger partial charge >= 0.3 is 0 Å². The van der Waals surface area contributed by atoms with E-state index in [-0.39, 0.29) is 18.1 Å². The van der Waals surface area contributed by atoms with Gasteiger partial charge in [-0.25, -0.2) is 4.98 Å². The van der Waals surface area contributed by atoms with E-state index in [0.29, 0.717) is 5.89 Å². The Hall–Kier alpha value is -2.65. The smallest absolute Gasteiger partial charge is 0.247 e. The van der Waals surface area contributed by atoms with Gasteiger partial charge in [-0.2, -0.15) is 4.98 Å². The third-order valence-electron chi connectivity index (χ3n) is 6.64. The van der Waals surface area contributed by atoms with Crippen molar-refractivity contribution in [2.45, 2.75) is 48.5 Å². The maximum absolute atomic E-state index is 9.75. The van der Waals surface area contributed by atoms with Crippen molar-refractivity contribution in [3.05, 3.63) is 41.9 Å². The van der Waals surface area contributed by atoms with E-state index in [1.165, 1.54) is 0 Å². The number of nitrogens with one attached hydrogen (secondary N) is 1. The van der Waals surface area contributed by atoms with Crippen LogP contribution in [0.15, 0.2) is 39.6 Å². The van der Waals surface area contributed by atoms with Crippen LogP contribution < -0.4 is 10.2 Å². The molecule has 1 saturated heterocycles. The summed E-state index contributed by atoms with van der Waals surface area (Å²) in [7, 11) is 0. The molecule has 0 spiro atoms. The molecular weight excluding hydrogens is 424 g/mol.